The van der Waals surface area contributed by atoms with E-state index >= 15 is 0 Å². The number of nitrogens with zero attached hydrogens (tertiary/aromatic N) is 1. The van der Waals surface area contributed by atoms with Crippen molar-refractivity contribution in [3.8, 4) is 5.75 Å². The number of hydrogen-bond donors (Lipinski definition) is 0. The van der Waals surface area contributed by atoms with E-state index in [4.69, 9.17) is 4.74 Å². The lowest BCUT2D eigenvalue weighted by atomic mass is 9.89. The van der Waals surface area contributed by atoms with Gasteiger partial charge in [-0.15, -0.1) is 0 Å². The smallest absolute Gasteiger partial charge is 0.264 e. The fourth-order valence-electron chi connectivity index (χ4n) is 4.15. The quantitative estimate of drug-likeness (QED) is 0.834. The lowest BCUT2D eigenvalue weighted by Crippen LogP contribution is -2.47. The van der Waals surface area contributed by atoms with E-state index in [0.717, 1.165) is 30.7 Å². The zero-order valence-corrected chi connectivity index (χ0v) is 14.2. The van der Waals surface area contributed by atoms with Gasteiger partial charge in [0.25, 0.3) is 5.91 Å². The largest absolute Gasteiger partial charge is 0.480 e. The Morgan fingerprint density at radius 3 is 2.58 bits per heavy atom. The van der Waals surface area contributed by atoms with Gasteiger partial charge in [-0.1, -0.05) is 56.3 Å². The van der Waals surface area contributed by atoms with Crippen molar-refractivity contribution in [1.29, 1.82) is 0 Å². The monoisotopic (exact) mass is 321 g/mol. The van der Waals surface area contributed by atoms with Crippen LogP contribution < -0.4 is 4.74 Å². The molecule has 0 aliphatic carbocycles. The molecule has 0 radical (unpaired) electrons. The number of hydrogen-bond acceptors (Lipinski definition) is 2. The molecule has 3 unspecified atom stereocenters. The molecule has 3 nitrogen and oxygen atoms in total. The molecule has 4 rings (SSSR count). The van der Waals surface area contributed by atoms with E-state index in [0.29, 0.717) is 0 Å². The Labute approximate surface area is 143 Å². The van der Waals surface area contributed by atoms with Gasteiger partial charge in [-0.25, -0.2) is 0 Å². The second kappa shape index (κ2) is 5.97. The first kappa shape index (κ1) is 15.3. The average Bonchev–Trinajstić information content (AvgIpc) is 2.97. The van der Waals surface area contributed by atoms with Crippen LogP contribution in [0.15, 0.2) is 48.5 Å². The molecular weight excluding hydrogens is 298 g/mol. The molecule has 2 aliphatic heterocycles. The SMILES string of the molecule is CCC1c2ccccc2CCN1C(=O)C1Oc2ccccc2C1C. The topological polar surface area (TPSA) is 29.5 Å². The predicted molar refractivity (Wildman–Crippen MR) is 94.2 cm³/mol. The molecule has 1 amide bonds. The summed E-state index contributed by atoms with van der Waals surface area (Å²) in [6.45, 7) is 5.02. The van der Waals surface area contributed by atoms with E-state index in [1.54, 1.807) is 0 Å². The summed E-state index contributed by atoms with van der Waals surface area (Å²) in [6, 6.07) is 16.7. The van der Waals surface area contributed by atoms with Crippen molar-refractivity contribution in [3.63, 3.8) is 0 Å². The van der Waals surface area contributed by atoms with E-state index in [2.05, 4.69) is 44.2 Å². The summed E-state index contributed by atoms with van der Waals surface area (Å²) in [6.07, 6.45) is 1.45. The highest BCUT2D eigenvalue weighted by Gasteiger charge is 2.41. The molecule has 2 aromatic rings. The van der Waals surface area contributed by atoms with Crippen LogP contribution in [0.1, 0.15) is 48.9 Å². The standard InChI is InChI=1S/C21H23NO2/c1-3-18-17-10-5-4-8-15(17)12-13-22(18)21(23)20-14(2)16-9-6-7-11-19(16)24-20/h4-11,14,18,20H,3,12-13H2,1-2H3. The van der Waals surface area contributed by atoms with Gasteiger partial charge in [-0.05, 0) is 30.0 Å². The molecule has 124 valence electrons. The highest BCUT2D eigenvalue weighted by atomic mass is 16.5. The summed E-state index contributed by atoms with van der Waals surface area (Å²) in [5.74, 6) is 1.08. The molecular formula is C21H23NO2. The average molecular weight is 321 g/mol. The van der Waals surface area contributed by atoms with Crippen molar-refractivity contribution in [2.45, 2.75) is 44.8 Å². The number of carbonyl (C=O) groups excluding carboxylic acids is 1. The van der Waals surface area contributed by atoms with Gasteiger partial charge in [0.15, 0.2) is 6.10 Å². The molecule has 0 saturated heterocycles. The molecule has 2 aromatic carbocycles. The summed E-state index contributed by atoms with van der Waals surface area (Å²) >= 11 is 0. The van der Waals surface area contributed by atoms with E-state index in [9.17, 15) is 4.79 Å². The van der Waals surface area contributed by atoms with E-state index in [1.807, 2.05) is 23.1 Å². The first-order valence-electron chi connectivity index (χ1n) is 8.84. The number of amides is 1. The van der Waals surface area contributed by atoms with Crippen molar-refractivity contribution in [2.75, 3.05) is 6.54 Å². The van der Waals surface area contributed by atoms with Crippen LogP contribution in [0.2, 0.25) is 0 Å². The summed E-state index contributed by atoms with van der Waals surface area (Å²) in [5, 5.41) is 0. The number of rotatable bonds is 2. The van der Waals surface area contributed by atoms with Gasteiger partial charge in [0.2, 0.25) is 0 Å². The number of benzene rings is 2. The van der Waals surface area contributed by atoms with E-state index in [1.165, 1.54) is 11.1 Å². The minimum atomic E-state index is -0.401. The molecule has 2 aliphatic rings. The maximum Gasteiger partial charge on any atom is 0.264 e. The summed E-state index contributed by atoms with van der Waals surface area (Å²) < 4.78 is 6.02. The van der Waals surface area contributed by atoms with Gasteiger partial charge in [0, 0.05) is 18.0 Å². The Morgan fingerprint density at radius 1 is 1.12 bits per heavy atom. The Balaban J connectivity index is 1.62. The second-order valence-electron chi connectivity index (χ2n) is 6.77. The van der Waals surface area contributed by atoms with Gasteiger partial charge in [-0.3, -0.25) is 4.79 Å². The van der Waals surface area contributed by atoms with Crippen molar-refractivity contribution >= 4 is 5.91 Å². The minimum Gasteiger partial charge on any atom is -0.480 e. The van der Waals surface area contributed by atoms with Crippen LogP contribution in [0.3, 0.4) is 0 Å². The van der Waals surface area contributed by atoms with Crippen LogP contribution >= 0.6 is 0 Å². The summed E-state index contributed by atoms with van der Waals surface area (Å²) in [7, 11) is 0. The number of ether oxygens (including phenoxy) is 1. The van der Waals surface area contributed by atoms with Crippen LogP contribution in [0.4, 0.5) is 0 Å². The van der Waals surface area contributed by atoms with E-state index < -0.39 is 6.10 Å². The zero-order valence-electron chi connectivity index (χ0n) is 14.2. The van der Waals surface area contributed by atoms with Gasteiger partial charge in [-0.2, -0.15) is 0 Å². The highest BCUT2D eigenvalue weighted by molar-refractivity contribution is 5.84. The summed E-state index contributed by atoms with van der Waals surface area (Å²) in [5.41, 5.74) is 3.81. The number of carbonyl (C=O) groups is 1. The van der Waals surface area contributed by atoms with Crippen molar-refractivity contribution in [1.82, 2.24) is 4.90 Å². The van der Waals surface area contributed by atoms with Crippen LogP contribution in [0.5, 0.6) is 5.75 Å². The molecule has 24 heavy (non-hydrogen) atoms. The maximum atomic E-state index is 13.3. The van der Waals surface area contributed by atoms with Crippen molar-refractivity contribution < 1.29 is 9.53 Å². The highest BCUT2D eigenvalue weighted by Crippen LogP contribution is 2.40. The first-order chi connectivity index (χ1) is 11.7. The molecule has 2 heterocycles. The molecule has 0 aromatic heterocycles. The first-order valence-corrected chi connectivity index (χ1v) is 8.84. The second-order valence-corrected chi connectivity index (χ2v) is 6.77. The lowest BCUT2D eigenvalue weighted by molar-refractivity contribution is -0.141. The predicted octanol–water partition coefficient (Wildman–Crippen LogP) is 4.09. The third-order valence-corrected chi connectivity index (χ3v) is 5.44. The molecule has 3 heteroatoms. The molecule has 0 saturated carbocycles. The van der Waals surface area contributed by atoms with Gasteiger partial charge < -0.3 is 9.64 Å². The van der Waals surface area contributed by atoms with Crippen molar-refractivity contribution in [3.05, 3.63) is 65.2 Å². The normalized spacial score (nSPS) is 24.9. The van der Waals surface area contributed by atoms with Gasteiger partial charge in [0.05, 0.1) is 6.04 Å². The molecule has 0 fully saturated rings. The Hall–Kier alpha value is -2.29. The van der Waals surface area contributed by atoms with Gasteiger partial charge in [0.1, 0.15) is 5.75 Å². The minimum absolute atomic E-state index is 0.100. The zero-order chi connectivity index (χ0) is 16.7. The Bertz CT molecular complexity index is 770. The van der Waals surface area contributed by atoms with Crippen LogP contribution in [0, 0.1) is 0 Å². The van der Waals surface area contributed by atoms with Crippen molar-refractivity contribution in [2.24, 2.45) is 0 Å². The number of fused-ring (bicyclic) bond motifs is 2. The molecule has 0 N–H and O–H groups in total. The fourth-order valence-corrected chi connectivity index (χ4v) is 4.15. The Morgan fingerprint density at radius 2 is 1.83 bits per heavy atom. The Kier molecular flexibility index (Phi) is 3.79. The lowest BCUT2D eigenvalue weighted by Gasteiger charge is -2.38. The van der Waals surface area contributed by atoms with E-state index in [-0.39, 0.29) is 17.9 Å². The molecule has 0 spiro atoms. The van der Waals surface area contributed by atoms with Gasteiger partial charge >= 0.3 is 0 Å². The third-order valence-electron chi connectivity index (χ3n) is 5.44. The van der Waals surface area contributed by atoms with Crippen LogP contribution in [-0.4, -0.2) is 23.5 Å². The summed E-state index contributed by atoms with van der Waals surface area (Å²) in [4.78, 5) is 15.3. The number of para-hydroxylation sites is 1. The van der Waals surface area contributed by atoms with Crippen LogP contribution in [-0.2, 0) is 11.2 Å². The third kappa shape index (κ3) is 2.31. The molecule has 0 bridgehead atoms. The van der Waals surface area contributed by atoms with Crippen LogP contribution in [0.25, 0.3) is 0 Å². The fraction of sp³-hybridized carbons (Fsp3) is 0.381. The molecule has 3 atom stereocenters. The maximum absolute atomic E-state index is 13.3.